The first-order valence-corrected chi connectivity index (χ1v) is 8.98. The van der Waals surface area contributed by atoms with Gasteiger partial charge in [0.05, 0.1) is 11.1 Å². The lowest BCUT2D eigenvalue weighted by Crippen LogP contribution is -2.21. The highest BCUT2D eigenvalue weighted by Gasteiger charge is 2.20. The Kier molecular flexibility index (Phi) is 4.75. The van der Waals surface area contributed by atoms with E-state index in [9.17, 15) is 13.6 Å². The van der Waals surface area contributed by atoms with Crippen molar-refractivity contribution in [1.82, 2.24) is 4.40 Å². The summed E-state index contributed by atoms with van der Waals surface area (Å²) >= 11 is 0. The normalized spacial score (nSPS) is 11.1. The second kappa shape index (κ2) is 7.37. The molecule has 0 saturated carbocycles. The van der Waals surface area contributed by atoms with Crippen molar-refractivity contribution in [2.75, 3.05) is 6.54 Å². The SMILES string of the molecule is NCCc1c(-c2ccccc2)c(=O)n2cc(F)ccc2c1-c1ccc(F)cc1. The molecule has 28 heavy (non-hydrogen) atoms. The van der Waals surface area contributed by atoms with Gasteiger partial charge in [-0.3, -0.25) is 9.20 Å². The molecule has 140 valence electrons. The van der Waals surface area contributed by atoms with Crippen LogP contribution in [0.15, 0.2) is 77.7 Å². The Bertz CT molecular complexity index is 1200. The number of nitrogens with zero attached hydrogens (tertiary/aromatic N) is 1. The van der Waals surface area contributed by atoms with Crippen molar-refractivity contribution in [2.45, 2.75) is 6.42 Å². The van der Waals surface area contributed by atoms with Crippen LogP contribution in [0.2, 0.25) is 0 Å². The van der Waals surface area contributed by atoms with Gasteiger partial charge in [0.1, 0.15) is 11.6 Å². The Morgan fingerprint density at radius 1 is 0.786 bits per heavy atom. The van der Waals surface area contributed by atoms with Crippen molar-refractivity contribution in [1.29, 1.82) is 0 Å². The van der Waals surface area contributed by atoms with Gasteiger partial charge in [0, 0.05) is 11.8 Å². The van der Waals surface area contributed by atoms with Crippen LogP contribution in [0.5, 0.6) is 0 Å². The van der Waals surface area contributed by atoms with E-state index in [0.717, 1.165) is 22.3 Å². The molecule has 4 rings (SSSR count). The van der Waals surface area contributed by atoms with E-state index in [0.29, 0.717) is 24.0 Å². The second-order valence-corrected chi connectivity index (χ2v) is 6.55. The maximum absolute atomic E-state index is 14.0. The first-order valence-electron chi connectivity index (χ1n) is 8.98. The molecule has 0 radical (unpaired) electrons. The molecule has 0 aliphatic rings. The summed E-state index contributed by atoms with van der Waals surface area (Å²) in [6.45, 7) is 0.338. The lowest BCUT2D eigenvalue weighted by atomic mass is 9.90. The van der Waals surface area contributed by atoms with Crippen molar-refractivity contribution in [3.8, 4) is 22.3 Å². The number of rotatable bonds is 4. The monoisotopic (exact) mass is 376 g/mol. The average Bonchev–Trinajstić information content (AvgIpc) is 2.71. The van der Waals surface area contributed by atoms with Crippen LogP contribution in [-0.4, -0.2) is 10.9 Å². The van der Waals surface area contributed by atoms with Gasteiger partial charge >= 0.3 is 0 Å². The van der Waals surface area contributed by atoms with Crippen molar-refractivity contribution < 1.29 is 8.78 Å². The molecule has 0 unspecified atom stereocenters. The van der Waals surface area contributed by atoms with Crippen LogP contribution in [0, 0.1) is 11.6 Å². The molecule has 0 atom stereocenters. The van der Waals surface area contributed by atoms with E-state index in [1.54, 1.807) is 18.2 Å². The minimum atomic E-state index is -0.509. The summed E-state index contributed by atoms with van der Waals surface area (Å²) < 4.78 is 28.8. The lowest BCUT2D eigenvalue weighted by molar-refractivity contribution is 0.618. The van der Waals surface area contributed by atoms with Crippen LogP contribution in [0.1, 0.15) is 5.56 Å². The molecule has 5 heteroatoms. The fourth-order valence-corrected chi connectivity index (χ4v) is 3.61. The zero-order valence-electron chi connectivity index (χ0n) is 15.0. The van der Waals surface area contributed by atoms with Crippen LogP contribution < -0.4 is 11.3 Å². The first kappa shape index (κ1) is 18.1. The number of fused-ring (bicyclic) bond motifs is 1. The Labute approximate surface area is 160 Å². The van der Waals surface area contributed by atoms with Gasteiger partial charge < -0.3 is 5.73 Å². The number of hydrogen-bond donors (Lipinski definition) is 1. The van der Waals surface area contributed by atoms with Gasteiger partial charge in [-0.1, -0.05) is 42.5 Å². The zero-order chi connectivity index (χ0) is 19.7. The summed E-state index contributed by atoms with van der Waals surface area (Å²) in [7, 11) is 0. The predicted molar refractivity (Wildman–Crippen MR) is 107 cm³/mol. The molecule has 0 amide bonds. The van der Waals surface area contributed by atoms with Crippen LogP contribution in [0.25, 0.3) is 27.8 Å². The van der Waals surface area contributed by atoms with Gasteiger partial charge in [0.15, 0.2) is 0 Å². The zero-order valence-corrected chi connectivity index (χ0v) is 15.0. The molecule has 0 bridgehead atoms. The maximum Gasteiger partial charge on any atom is 0.263 e. The highest BCUT2D eigenvalue weighted by molar-refractivity contribution is 5.88. The van der Waals surface area contributed by atoms with Crippen molar-refractivity contribution in [2.24, 2.45) is 5.73 Å². The molecule has 2 heterocycles. The standard InChI is InChI=1S/C23H18F2N2O/c24-17-8-6-16(7-9-17)21-19(12-13-26)22(15-4-2-1-3-5-15)23(28)27-14-18(25)10-11-20(21)27/h1-11,14H,12-13,26H2. The van der Waals surface area contributed by atoms with Gasteiger partial charge in [-0.2, -0.15) is 0 Å². The van der Waals surface area contributed by atoms with Gasteiger partial charge in [0.2, 0.25) is 0 Å². The molecular weight excluding hydrogens is 358 g/mol. The topological polar surface area (TPSA) is 47.5 Å². The molecule has 0 aliphatic carbocycles. The lowest BCUT2D eigenvalue weighted by Gasteiger charge is -2.18. The number of halogens is 2. The van der Waals surface area contributed by atoms with Crippen molar-refractivity contribution in [3.05, 3.63) is 100 Å². The van der Waals surface area contributed by atoms with E-state index in [4.69, 9.17) is 5.73 Å². The second-order valence-electron chi connectivity index (χ2n) is 6.55. The minimum absolute atomic E-state index is 0.310. The number of hydrogen-bond acceptors (Lipinski definition) is 2. The highest BCUT2D eigenvalue weighted by Crippen LogP contribution is 2.34. The summed E-state index contributed by atoms with van der Waals surface area (Å²) in [6, 6.07) is 18.2. The van der Waals surface area contributed by atoms with Gasteiger partial charge in [-0.25, -0.2) is 8.78 Å². The Morgan fingerprint density at radius 2 is 1.43 bits per heavy atom. The van der Waals surface area contributed by atoms with E-state index >= 15 is 0 Å². The van der Waals surface area contributed by atoms with Gasteiger partial charge in [-0.05, 0) is 53.9 Å². The third-order valence-electron chi connectivity index (χ3n) is 4.79. The Hall–Kier alpha value is -3.31. The average molecular weight is 376 g/mol. The molecule has 0 fully saturated rings. The third kappa shape index (κ3) is 3.10. The number of benzene rings is 2. The van der Waals surface area contributed by atoms with E-state index in [2.05, 4.69) is 0 Å². The van der Waals surface area contributed by atoms with Crippen molar-refractivity contribution in [3.63, 3.8) is 0 Å². The van der Waals surface area contributed by atoms with E-state index in [1.165, 1.54) is 28.8 Å². The Balaban J connectivity index is 2.19. The molecule has 0 spiro atoms. The predicted octanol–water partition coefficient (Wildman–Crippen LogP) is 4.41. The molecular formula is C23H18F2N2O. The molecule has 4 aromatic rings. The molecule has 2 N–H and O–H groups in total. The number of pyridine rings is 2. The highest BCUT2D eigenvalue weighted by atomic mass is 19.1. The van der Waals surface area contributed by atoms with Gasteiger partial charge in [-0.15, -0.1) is 0 Å². The van der Waals surface area contributed by atoms with Crippen molar-refractivity contribution >= 4 is 5.52 Å². The molecule has 2 aromatic heterocycles. The van der Waals surface area contributed by atoms with E-state index in [1.807, 2.05) is 30.3 Å². The van der Waals surface area contributed by atoms with E-state index < -0.39 is 5.82 Å². The molecule has 2 aromatic carbocycles. The summed E-state index contributed by atoms with van der Waals surface area (Å²) in [5.41, 5.74) is 9.60. The quantitative estimate of drug-likeness (QED) is 0.573. The van der Waals surface area contributed by atoms with Crippen LogP contribution in [-0.2, 0) is 6.42 Å². The van der Waals surface area contributed by atoms with Crippen LogP contribution >= 0.6 is 0 Å². The summed E-state index contributed by atoms with van der Waals surface area (Å²) in [6.07, 6.45) is 1.64. The van der Waals surface area contributed by atoms with Crippen LogP contribution in [0.3, 0.4) is 0 Å². The fourth-order valence-electron chi connectivity index (χ4n) is 3.61. The van der Waals surface area contributed by atoms with E-state index in [-0.39, 0.29) is 11.4 Å². The molecule has 0 aliphatic heterocycles. The number of aromatic nitrogens is 1. The fraction of sp³-hybridized carbons (Fsp3) is 0.0870. The third-order valence-corrected chi connectivity index (χ3v) is 4.79. The Morgan fingerprint density at radius 3 is 2.11 bits per heavy atom. The summed E-state index contributed by atoms with van der Waals surface area (Å²) in [5.74, 6) is -0.860. The largest absolute Gasteiger partial charge is 0.330 e. The van der Waals surface area contributed by atoms with Crippen LogP contribution in [0.4, 0.5) is 8.78 Å². The molecule has 3 nitrogen and oxygen atoms in total. The van der Waals surface area contributed by atoms with Gasteiger partial charge in [0.25, 0.3) is 5.56 Å². The summed E-state index contributed by atoms with van der Waals surface area (Å²) in [5, 5.41) is 0. The molecule has 0 saturated heterocycles. The minimum Gasteiger partial charge on any atom is -0.330 e. The number of nitrogens with two attached hydrogens (primary N) is 1. The first-order chi connectivity index (χ1) is 13.6. The smallest absolute Gasteiger partial charge is 0.263 e. The summed E-state index contributed by atoms with van der Waals surface area (Å²) in [4.78, 5) is 13.3. The maximum atomic E-state index is 14.0.